The molecule has 1 atom stereocenters. The summed E-state index contributed by atoms with van der Waals surface area (Å²) in [6, 6.07) is 0. The number of halogens is 1. The zero-order chi connectivity index (χ0) is 9.78. The Morgan fingerprint density at radius 3 is 2.33 bits per heavy atom. The Kier molecular flexibility index (Phi) is 4.83. The van der Waals surface area contributed by atoms with Gasteiger partial charge in [0.05, 0.1) is 0 Å². The molecule has 2 nitrogen and oxygen atoms in total. The average Bonchev–Trinajstić information content (AvgIpc) is 1.84. The minimum Gasteiger partial charge on any atom is -0.356 e. The van der Waals surface area contributed by atoms with Crippen molar-refractivity contribution in [3.05, 3.63) is 0 Å². The first-order valence-corrected chi connectivity index (χ1v) is 5.18. The number of hydrogen-bond donors (Lipinski definition) is 1. The Morgan fingerprint density at radius 2 is 2.00 bits per heavy atom. The van der Waals surface area contributed by atoms with Crippen molar-refractivity contribution in [2.75, 3.05) is 6.54 Å². The van der Waals surface area contributed by atoms with E-state index in [1.54, 1.807) is 0 Å². The predicted octanol–water partition coefficient (Wildman–Crippen LogP) is 2.32. The second-order valence-corrected chi connectivity index (χ2v) is 5.64. The zero-order valence-corrected chi connectivity index (χ0v) is 9.86. The third-order valence-electron chi connectivity index (χ3n) is 1.51. The van der Waals surface area contributed by atoms with Crippen LogP contribution in [-0.4, -0.2) is 17.3 Å². The maximum Gasteiger partial charge on any atom is 0.225 e. The molecule has 0 aliphatic heterocycles. The van der Waals surface area contributed by atoms with E-state index in [-0.39, 0.29) is 11.3 Å². The van der Waals surface area contributed by atoms with E-state index in [0.29, 0.717) is 4.83 Å². The summed E-state index contributed by atoms with van der Waals surface area (Å²) >= 11 is 3.42. The number of hydrogen-bond acceptors (Lipinski definition) is 1. The zero-order valence-electron chi connectivity index (χ0n) is 8.28. The third-order valence-corrected chi connectivity index (χ3v) is 1.97. The Labute approximate surface area is 83.2 Å². The lowest BCUT2D eigenvalue weighted by Gasteiger charge is -2.17. The number of carbonyl (C=O) groups is 1. The van der Waals surface area contributed by atoms with Crippen molar-refractivity contribution in [2.45, 2.75) is 38.9 Å². The lowest BCUT2D eigenvalue weighted by atomic mass is 9.96. The van der Waals surface area contributed by atoms with Gasteiger partial charge in [-0.1, -0.05) is 43.6 Å². The largest absolute Gasteiger partial charge is 0.356 e. The van der Waals surface area contributed by atoms with Crippen LogP contribution in [0.4, 0.5) is 0 Å². The molecule has 0 aliphatic rings. The third kappa shape index (κ3) is 5.58. The fourth-order valence-corrected chi connectivity index (χ4v) is 0.879. The van der Waals surface area contributed by atoms with Gasteiger partial charge < -0.3 is 5.32 Å². The van der Waals surface area contributed by atoms with Crippen molar-refractivity contribution in [1.82, 2.24) is 5.32 Å². The Balaban J connectivity index is 3.59. The lowest BCUT2D eigenvalue weighted by Crippen LogP contribution is -2.35. The minimum atomic E-state index is -0.268. The SMILES string of the molecule is CC(Br)CCNC(=O)C(C)(C)C. The first-order valence-electron chi connectivity index (χ1n) is 4.26. The van der Waals surface area contributed by atoms with Crippen LogP contribution in [0.3, 0.4) is 0 Å². The van der Waals surface area contributed by atoms with E-state index in [4.69, 9.17) is 0 Å². The van der Waals surface area contributed by atoms with Crippen LogP contribution in [0, 0.1) is 5.41 Å². The summed E-state index contributed by atoms with van der Waals surface area (Å²) in [5, 5.41) is 2.88. The quantitative estimate of drug-likeness (QED) is 0.748. The molecule has 0 aromatic rings. The number of alkyl halides is 1. The average molecular weight is 236 g/mol. The molecule has 1 amide bonds. The van der Waals surface area contributed by atoms with Gasteiger partial charge in [0.25, 0.3) is 0 Å². The molecule has 0 bridgehead atoms. The van der Waals surface area contributed by atoms with Gasteiger partial charge in [-0.25, -0.2) is 0 Å². The van der Waals surface area contributed by atoms with Crippen molar-refractivity contribution in [1.29, 1.82) is 0 Å². The van der Waals surface area contributed by atoms with Crippen molar-refractivity contribution < 1.29 is 4.79 Å². The number of nitrogens with one attached hydrogen (secondary N) is 1. The van der Waals surface area contributed by atoms with Gasteiger partial charge in [-0.15, -0.1) is 0 Å². The highest BCUT2D eigenvalue weighted by molar-refractivity contribution is 9.09. The first-order chi connectivity index (χ1) is 5.34. The van der Waals surface area contributed by atoms with Crippen LogP contribution < -0.4 is 5.32 Å². The Bertz CT molecular complexity index is 149. The molecule has 1 unspecified atom stereocenters. The second-order valence-electron chi connectivity index (χ2n) is 4.08. The molecule has 0 radical (unpaired) electrons. The molecule has 0 spiro atoms. The van der Waals surface area contributed by atoms with Crippen molar-refractivity contribution in [3.8, 4) is 0 Å². The van der Waals surface area contributed by atoms with Gasteiger partial charge in [0.2, 0.25) is 5.91 Å². The van der Waals surface area contributed by atoms with Crippen LogP contribution in [0.2, 0.25) is 0 Å². The number of rotatable bonds is 3. The minimum absolute atomic E-state index is 0.121. The maximum atomic E-state index is 11.3. The molecule has 0 fully saturated rings. The van der Waals surface area contributed by atoms with Gasteiger partial charge in [0.15, 0.2) is 0 Å². The van der Waals surface area contributed by atoms with Crippen molar-refractivity contribution in [3.63, 3.8) is 0 Å². The predicted molar refractivity (Wildman–Crippen MR) is 55.5 cm³/mol. The molecule has 72 valence electrons. The van der Waals surface area contributed by atoms with Crippen molar-refractivity contribution >= 4 is 21.8 Å². The molecule has 1 N–H and O–H groups in total. The molecule has 0 saturated carbocycles. The van der Waals surface area contributed by atoms with Gasteiger partial charge in [-0.05, 0) is 6.42 Å². The second kappa shape index (κ2) is 4.85. The monoisotopic (exact) mass is 235 g/mol. The van der Waals surface area contributed by atoms with Crippen molar-refractivity contribution in [2.24, 2.45) is 5.41 Å². The van der Waals surface area contributed by atoms with Gasteiger partial charge >= 0.3 is 0 Å². The molecule has 12 heavy (non-hydrogen) atoms. The summed E-state index contributed by atoms with van der Waals surface area (Å²) in [7, 11) is 0. The van der Waals surface area contributed by atoms with Gasteiger partial charge in [-0.2, -0.15) is 0 Å². The van der Waals surface area contributed by atoms with E-state index in [2.05, 4.69) is 28.2 Å². The topological polar surface area (TPSA) is 29.1 Å². The number of carbonyl (C=O) groups excluding carboxylic acids is 1. The Morgan fingerprint density at radius 1 is 1.50 bits per heavy atom. The highest BCUT2D eigenvalue weighted by atomic mass is 79.9. The van der Waals surface area contributed by atoms with E-state index in [1.165, 1.54) is 0 Å². The lowest BCUT2D eigenvalue weighted by molar-refractivity contribution is -0.128. The standard InChI is InChI=1S/C9H18BrNO/c1-7(10)5-6-11-8(12)9(2,3)4/h7H,5-6H2,1-4H3,(H,11,12). The Hall–Kier alpha value is -0.0500. The van der Waals surface area contributed by atoms with E-state index >= 15 is 0 Å². The van der Waals surface area contributed by atoms with Crippen LogP contribution in [-0.2, 0) is 4.79 Å². The highest BCUT2D eigenvalue weighted by Crippen LogP contribution is 2.12. The normalized spacial score (nSPS) is 14.1. The van der Waals surface area contributed by atoms with E-state index in [0.717, 1.165) is 13.0 Å². The van der Waals surface area contributed by atoms with Crippen LogP contribution in [0.1, 0.15) is 34.1 Å². The van der Waals surface area contributed by atoms with Gasteiger partial charge in [0, 0.05) is 16.8 Å². The molecule has 0 heterocycles. The molecule has 3 heteroatoms. The van der Waals surface area contributed by atoms with Crippen LogP contribution in [0.5, 0.6) is 0 Å². The summed E-state index contributed by atoms with van der Waals surface area (Å²) < 4.78 is 0. The summed E-state index contributed by atoms with van der Waals surface area (Å²) in [5.74, 6) is 0.121. The van der Waals surface area contributed by atoms with Crippen LogP contribution in [0.15, 0.2) is 0 Å². The van der Waals surface area contributed by atoms with Gasteiger partial charge in [-0.3, -0.25) is 4.79 Å². The number of amides is 1. The molecule has 0 aromatic heterocycles. The molecule has 0 aliphatic carbocycles. The highest BCUT2D eigenvalue weighted by Gasteiger charge is 2.20. The fourth-order valence-electron chi connectivity index (χ4n) is 0.650. The van der Waals surface area contributed by atoms with Crippen LogP contribution in [0.25, 0.3) is 0 Å². The molecular weight excluding hydrogens is 218 g/mol. The summed E-state index contributed by atoms with van der Waals surface area (Å²) in [4.78, 5) is 11.8. The van der Waals surface area contributed by atoms with E-state index in [1.807, 2.05) is 20.8 Å². The molecule has 0 saturated heterocycles. The summed E-state index contributed by atoms with van der Waals surface area (Å²) in [5.41, 5.74) is -0.268. The maximum absolute atomic E-state index is 11.3. The van der Waals surface area contributed by atoms with Crippen LogP contribution >= 0.6 is 15.9 Å². The smallest absolute Gasteiger partial charge is 0.225 e. The van der Waals surface area contributed by atoms with Gasteiger partial charge in [0.1, 0.15) is 0 Å². The summed E-state index contributed by atoms with van der Waals surface area (Å²) in [6.07, 6.45) is 0.974. The van der Waals surface area contributed by atoms with E-state index in [9.17, 15) is 4.79 Å². The molecule has 0 rings (SSSR count). The molecule has 0 aromatic carbocycles. The van der Waals surface area contributed by atoms with E-state index < -0.39 is 0 Å². The fraction of sp³-hybridized carbons (Fsp3) is 0.889. The first kappa shape index (κ1) is 11.9. The summed E-state index contributed by atoms with van der Waals surface area (Å²) in [6.45, 7) is 8.57. The molecular formula is C9H18BrNO.